The van der Waals surface area contributed by atoms with E-state index in [1.165, 1.54) is 50.4 Å². The number of halogens is 1. The predicted molar refractivity (Wildman–Crippen MR) is 85.4 cm³/mol. The average Bonchev–Trinajstić information content (AvgIpc) is 2.45. The van der Waals surface area contributed by atoms with Gasteiger partial charge in [0.1, 0.15) is 6.71 Å². The average molecular weight is 275 g/mol. The van der Waals surface area contributed by atoms with Crippen LogP contribution in [0.5, 0.6) is 0 Å². The molecule has 1 atom stereocenters. The van der Waals surface area contributed by atoms with Gasteiger partial charge < -0.3 is 0 Å². The van der Waals surface area contributed by atoms with Crippen LogP contribution in [0.4, 0.5) is 0 Å². The molecule has 0 aliphatic carbocycles. The molecule has 1 aromatic carbocycles. The molecule has 3 rings (SSSR count). The van der Waals surface area contributed by atoms with Gasteiger partial charge in [0.15, 0.2) is 0 Å². The third kappa shape index (κ3) is 3.19. The van der Waals surface area contributed by atoms with E-state index >= 15 is 0 Å². The van der Waals surface area contributed by atoms with Crippen LogP contribution in [-0.4, -0.2) is 6.71 Å². The van der Waals surface area contributed by atoms with E-state index in [0.29, 0.717) is 0 Å². The van der Waals surface area contributed by atoms with Crippen LogP contribution in [0.3, 0.4) is 0 Å². The standard InChI is InChI=1S/C17H24BCl/c19-17(14-6-2-1-3-7-14)12-13-18-15-8-4-9-16(18)11-5-10-15/h1-3,6-7,15-17H,4-5,8-13H2. The van der Waals surface area contributed by atoms with Gasteiger partial charge in [-0.1, -0.05) is 86.8 Å². The third-order valence-corrected chi connectivity index (χ3v) is 5.90. The van der Waals surface area contributed by atoms with E-state index in [-0.39, 0.29) is 5.38 Å². The minimum absolute atomic E-state index is 0.212. The van der Waals surface area contributed by atoms with Crippen LogP contribution >= 0.6 is 11.6 Å². The second kappa shape index (κ2) is 6.35. The number of fused-ring (bicyclic) bond motifs is 2. The van der Waals surface area contributed by atoms with Crippen molar-refractivity contribution in [2.45, 2.75) is 68.3 Å². The molecule has 2 fully saturated rings. The van der Waals surface area contributed by atoms with Crippen molar-refractivity contribution in [1.82, 2.24) is 0 Å². The maximum atomic E-state index is 6.58. The van der Waals surface area contributed by atoms with E-state index in [0.717, 1.165) is 24.8 Å². The molecule has 0 radical (unpaired) electrons. The lowest BCUT2D eigenvalue weighted by Crippen LogP contribution is -2.34. The Morgan fingerprint density at radius 2 is 1.58 bits per heavy atom. The summed E-state index contributed by atoms with van der Waals surface area (Å²) < 4.78 is 0. The second-order valence-corrected chi connectivity index (χ2v) is 7.03. The van der Waals surface area contributed by atoms with E-state index in [9.17, 15) is 0 Å². The summed E-state index contributed by atoms with van der Waals surface area (Å²) in [5, 5.41) is 0.212. The molecule has 1 unspecified atom stereocenters. The summed E-state index contributed by atoms with van der Waals surface area (Å²) in [4.78, 5) is 0. The molecule has 0 saturated carbocycles. The molecular formula is C17H24BCl. The number of hydrogen-bond donors (Lipinski definition) is 0. The van der Waals surface area contributed by atoms with Crippen molar-refractivity contribution in [3.05, 3.63) is 35.9 Å². The van der Waals surface area contributed by atoms with Crippen molar-refractivity contribution in [3.8, 4) is 0 Å². The molecule has 2 aliphatic rings. The summed E-state index contributed by atoms with van der Waals surface area (Å²) in [7, 11) is 0. The zero-order valence-corrected chi connectivity index (χ0v) is 12.5. The Kier molecular flexibility index (Phi) is 4.53. The molecule has 0 N–H and O–H groups in total. The highest BCUT2D eigenvalue weighted by Crippen LogP contribution is 2.48. The van der Waals surface area contributed by atoms with Crippen LogP contribution in [-0.2, 0) is 0 Å². The van der Waals surface area contributed by atoms with Crippen LogP contribution in [0, 0.1) is 0 Å². The highest BCUT2D eigenvalue weighted by Gasteiger charge is 2.38. The number of rotatable bonds is 4. The van der Waals surface area contributed by atoms with Crippen molar-refractivity contribution < 1.29 is 0 Å². The Morgan fingerprint density at radius 3 is 2.16 bits per heavy atom. The fraction of sp³-hybridized carbons (Fsp3) is 0.647. The molecule has 2 bridgehead atoms. The predicted octanol–water partition coefficient (Wildman–Crippen LogP) is 5.96. The van der Waals surface area contributed by atoms with E-state index in [1.54, 1.807) is 0 Å². The number of benzene rings is 1. The second-order valence-electron chi connectivity index (χ2n) is 6.50. The largest absolute Gasteiger partial charge is 0.146 e. The maximum Gasteiger partial charge on any atom is 0.146 e. The van der Waals surface area contributed by atoms with Crippen LogP contribution in [0.15, 0.2) is 30.3 Å². The van der Waals surface area contributed by atoms with Gasteiger partial charge in [-0.05, 0) is 12.0 Å². The van der Waals surface area contributed by atoms with E-state index in [2.05, 4.69) is 30.3 Å². The first kappa shape index (κ1) is 13.6. The van der Waals surface area contributed by atoms with Crippen molar-refractivity contribution in [3.63, 3.8) is 0 Å². The number of alkyl halides is 1. The van der Waals surface area contributed by atoms with Crippen molar-refractivity contribution in [1.29, 1.82) is 0 Å². The lowest BCUT2D eigenvalue weighted by atomic mass is 9.26. The Hall–Kier alpha value is -0.425. The lowest BCUT2D eigenvalue weighted by molar-refractivity contribution is 0.440. The van der Waals surface area contributed by atoms with Gasteiger partial charge in [0.25, 0.3) is 0 Å². The van der Waals surface area contributed by atoms with Gasteiger partial charge in [0.05, 0.1) is 5.38 Å². The van der Waals surface area contributed by atoms with Gasteiger partial charge in [-0.25, -0.2) is 0 Å². The molecule has 0 spiro atoms. The van der Waals surface area contributed by atoms with Gasteiger partial charge >= 0.3 is 0 Å². The molecular weight excluding hydrogens is 250 g/mol. The van der Waals surface area contributed by atoms with Crippen molar-refractivity contribution >= 4 is 18.3 Å². The van der Waals surface area contributed by atoms with E-state index in [1.807, 2.05) is 0 Å². The van der Waals surface area contributed by atoms with Crippen molar-refractivity contribution in [2.24, 2.45) is 0 Å². The molecule has 2 heterocycles. The minimum atomic E-state index is 0.212. The number of hydrogen-bond acceptors (Lipinski definition) is 0. The fourth-order valence-electron chi connectivity index (χ4n) is 4.45. The summed E-state index contributed by atoms with van der Waals surface area (Å²) in [6.45, 7) is 0.979. The quantitative estimate of drug-likeness (QED) is 0.469. The first-order valence-electron chi connectivity index (χ1n) is 8.03. The Labute approximate surface area is 123 Å². The maximum absolute atomic E-state index is 6.58. The molecule has 2 saturated heterocycles. The van der Waals surface area contributed by atoms with E-state index in [4.69, 9.17) is 11.6 Å². The Bertz CT molecular complexity index is 370. The zero-order chi connectivity index (χ0) is 13.1. The zero-order valence-electron chi connectivity index (χ0n) is 11.7. The minimum Gasteiger partial charge on any atom is -0.118 e. The third-order valence-electron chi connectivity index (χ3n) is 5.43. The molecule has 102 valence electrons. The van der Waals surface area contributed by atoms with Gasteiger partial charge in [0.2, 0.25) is 0 Å². The van der Waals surface area contributed by atoms with Crippen LogP contribution in [0.25, 0.3) is 0 Å². The van der Waals surface area contributed by atoms with Crippen LogP contribution in [0.1, 0.15) is 55.9 Å². The smallest absolute Gasteiger partial charge is 0.118 e. The van der Waals surface area contributed by atoms with Gasteiger partial charge in [-0.2, -0.15) is 0 Å². The molecule has 0 aromatic heterocycles. The van der Waals surface area contributed by atoms with Crippen molar-refractivity contribution in [2.75, 3.05) is 0 Å². The summed E-state index contributed by atoms with van der Waals surface area (Å²) in [6, 6.07) is 10.6. The normalized spacial score (nSPS) is 28.2. The van der Waals surface area contributed by atoms with Crippen LogP contribution < -0.4 is 0 Å². The van der Waals surface area contributed by atoms with Gasteiger partial charge in [0, 0.05) is 0 Å². The van der Waals surface area contributed by atoms with Crippen LogP contribution in [0.2, 0.25) is 18.0 Å². The summed E-state index contributed by atoms with van der Waals surface area (Å²) in [5.74, 6) is 2.04. The summed E-state index contributed by atoms with van der Waals surface area (Å²) in [6.07, 6.45) is 11.4. The topological polar surface area (TPSA) is 0 Å². The molecule has 2 aliphatic heterocycles. The highest BCUT2D eigenvalue weighted by molar-refractivity contribution is 6.62. The molecule has 19 heavy (non-hydrogen) atoms. The first-order valence-corrected chi connectivity index (χ1v) is 8.47. The fourth-order valence-corrected chi connectivity index (χ4v) is 4.72. The van der Waals surface area contributed by atoms with Gasteiger partial charge in [-0.15, -0.1) is 11.6 Å². The molecule has 1 aromatic rings. The summed E-state index contributed by atoms with van der Waals surface area (Å²) >= 11 is 6.58. The monoisotopic (exact) mass is 274 g/mol. The van der Waals surface area contributed by atoms with Gasteiger partial charge in [-0.3, -0.25) is 0 Å². The molecule has 2 heteroatoms. The Morgan fingerprint density at radius 1 is 1.00 bits per heavy atom. The van der Waals surface area contributed by atoms with E-state index < -0.39 is 0 Å². The molecule has 0 nitrogen and oxygen atoms in total. The summed E-state index contributed by atoms with van der Waals surface area (Å²) in [5.41, 5.74) is 1.30. The molecule has 0 amide bonds. The first-order chi connectivity index (χ1) is 9.34. The SMILES string of the molecule is ClC(CCB1C2CCCC1CCC2)c1ccccc1. The highest BCUT2D eigenvalue weighted by atomic mass is 35.5. The lowest BCUT2D eigenvalue weighted by Gasteiger charge is -2.41. The Balaban J connectivity index is 1.57.